The molecule has 0 fully saturated rings. The molecule has 1 aromatic carbocycles. The van der Waals surface area contributed by atoms with Crippen molar-refractivity contribution in [2.45, 2.75) is 24.8 Å². The quantitative estimate of drug-likeness (QED) is 0.352. The highest BCUT2D eigenvalue weighted by Crippen LogP contribution is 2.29. The summed E-state index contributed by atoms with van der Waals surface area (Å²) >= 11 is 2.95. The van der Waals surface area contributed by atoms with Crippen molar-refractivity contribution >= 4 is 23.1 Å². The minimum Gasteiger partial charge on any atom is -0.459 e. The SMILES string of the molecule is Cc1ccc(-c2nc(CSc3nnnn3-c3c(C)n(C)n(-c4ccccc4)c3=O)cs2)o1. The Morgan fingerprint density at radius 1 is 1.12 bits per heavy atom. The summed E-state index contributed by atoms with van der Waals surface area (Å²) in [5.74, 6) is 2.18. The van der Waals surface area contributed by atoms with E-state index in [4.69, 9.17) is 4.42 Å². The molecular formula is C21H19N7O2S2. The zero-order valence-electron chi connectivity index (χ0n) is 17.6. The molecular weight excluding hydrogens is 446 g/mol. The highest BCUT2D eigenvalue weighted by atomic mass is 32.2. The molecule has 0 aliphatic rings. The molecule has 0 aliphatic heterocycles. The van der Waals surface area contributed by atoms with Crippen LogP contribution < -0.4 is 5.56 Å². The number of nitrogens with zero attached hydrogens (tertiary/aromatic N) is 7. The number of tetrazole rings is 1. The fraction of sp³-hybridized carbons (Fsp3) is 0.190. The number of thioether (sulfide) groups is 1. The van der Waals surface area contributed by atoms with Gasteiger partial charge in [0.15, 0.2) is 16.5 Å². The monoisotopic (exact) mass is 465 g/mol. The average Bonchev–Trinajstić information content (AvgIpc) is 3.56. The maximum absolute atomic E-state index is 13.3. The van der Waals surface area contributed by atoms with E-state index in [1.54, 1.807) is 9.36 Å². The van der Waals surface area contributed by atoms with Gasteiger partial charge >= 0.3 is 0 Å². The van der Waals surface area contributed by atoms with Crippen molar-refractivity contribution in [3.8, 4) is 22.1 Å². The summed E-state index contributed by atoms with van der Waals surface area (Å²) < 4.78 is 10.6. The standard InChI is InChI=1S/C21H19N7O2S2/c1-13-9-10-17(30-13)19-22-15(11-31-19)12-32-21-23-24-25-27(21)18-14(2)26(3)28(20(18)29)16-7-5-4-6-8-16/h4-11H,12H2,1-3H3. The Balaban J connectivity index is 1.43. The smallest absolute Gasteiger partial charge is 0.297 e. The molecule has 162 valence electrons. The van der Waals surface area contributed by atoms with E-state index in [1.165, 1.54) is 27.8 Å². The normalized spacial score (nSPS) is 11.3. The third kappa shape index (κ3) is 3.59. The lowest BCUT2D eigenvalue weighted by Crippen LogP contribution is -2.22. The summed E-state index contributed by atoms with van der Waals surface area (Å²) in [6.45, 7) is 3.79. The van der Waals surface area contributed by atoms with Crippen LogP contribution in [0.1, 0.15) is 17.1 Å². The van der Waals surface area contributed by atoms with Gasteiger partial charge in [-0.25, -0.2) is 9.67 Å². The van der Waals surface area contributed by atoms with Gasteiger partial charge in [-0.1, -0.05) is 30.0 Å². The molecule has 0 N–H and O–H groups in total. The summed E-state index contributed by atoms with van der Waals surface area (Å²) in [5.41, 5.74) is 2.67. The van der Waals surface area contributed by atoms with Crippen LogP contribution in [0.2, 0.25) is 0 Å². The first-order chi connectivity index (χ1) is 15.5. The molecule has 0 saturated carbocycles. The van der Waals surface area contributed by atoms with E-state index in [1.807, 2.05) is 68.7 Å². The van der Waals surface area contributed by atoms with E-state index >= 15 is 0 Å². The summed E-state index contributed by atoms with van der Waals surface area (Å²) in [6.07, 6.45) is 0. The molecule has 32 heavy (non-hydrogen) atoms. The summed E-state index contributed by atoms with van der Waals surface area (Å²) in [4.78, 5) is 17.9. The molecule has 5 rings (SSSR count). The van der Waals surface area contributed by atoms with E-state index in [-0.39, 0.29) is 5.56 Å². The van der Waals surface area contributed by atoms with E-state index in [0.717, 1.165) is 33.6 Å². The molecule has 0 unspecified atom stereocenters. The van der Waals surface area contributed by atoms with Crippen LogP contribution >= 0.6 is 23.1 Å². The van der Waals surface area contributed by atoms with Crippen LogP contribution in [0.25, 0.3) is 22.1 Å². The Labute approximate surface area is 191 Å². The Morgan fingerprint density at radius 3 is 2.69 bits per heavy atom. The fourth-order valence-corrected chi connectivity index (χ4v) is 5.04. The molecule has 11 heteroatoms. The minimum atomic E-state index is -0.186. The molecule has 4 heterocycles. The van der Waals surface area contributed by atoms with E-state index in [9.17, 15) is 4.79 Å². The molecule has 0 aliphatic carbocycles. The first-order valence-corrected chi connectivity index (χ1v) is 11.7. The van der Waals surface area contributed by atoms with Crippen LogP contribution in [0.15, 0.2) is 62.2 Å². The molecule has 0 radical (unpaired) electrons. The van der Waals surface area contributed by atoms with Gasteiger partial charge in [0.25, 0.3) is 5.56 Å². The van der Waals surface area contributed by atoms with Crippen LogP contribution in [-0.4, -0.2) is 34.6 Å². The number of rotatable bonds is 6. The van der Waals surface area contributed by atoms with Gasteiger partial charge in [-0.2, -0.15) is 4.68 Å². The highest BCUT2D eigenvalue weighted by Gasteiger charge is 2.22. The van der Waals surface area contributed by atoms with Gasteiger partial charge < -0.3 is 4.42 Å². The number of hydrogen-bond acceptors (Lipinski definition) is 8. The van der Waals surface area contributed by atoms with Gasteiger partial charge in [-0.15, -0.1) is 16.4 Å². The van der Waals surface area contributed by atoms with Crippen LogP contribution in [-0.2, 0) is 12.8 Å². The molecule has 0 spiro atoms. The van der Waals surface area contributed by atoms with Crippen molar-refractivity contribution in [1.29, 1.82) is 0 Å². The summed E-state index contributed by atoms with van der Waals surface area (Å²) in [5, 5.41) is 15.4. The summed E-state index contributed by atoms with van der Waals surface area (Å²) in [7, 11) is 1.84. The van der Waals surface area contributed by atoms with Crippen molar-refractivity contribution in [1.82, 2.24) is 34.6 Å². The molecule has 5 aromatic rings. The van der Waals surface area contributed by atoms with Crippen LogP contribution in [0, 0.1) is 13.8 Å². The van der Waals surface area contributed by atoms with Crippen LogP contribution in [0.4, 0.5) is 0 Å². The van der Waals surface area contributed by atoms with Gasteiger partial charge in [0.2, 0.25) is 5.16 Å². The Morgan fingerprint density at radius 2 is 1.94 bits per heavy atom. The Bertz CT molecular complexity index is 1440. The number of aromatic nitrogens is 7. The van der Waals surface area contributed by atoms with Crippen molar-refractivity contribution < 1.29 is 4.42 Å². The third-order valence-electron chi connectivity index (χ3n) is 5.03. The minimum absolute atomic E-state index is 0.186. The number of benzene rings is 1. The van der Waals surface area contributed by atoms with Crippen molar-refractivity contribution in [3.05, 3.63) is 75.3 Å². The van der Waals surface area contributed by atoms with Crippen LogP contribution in [0.3, 0.4) is 0 Å². The zero-order valence-corrected chi connectivity index (χ0v) is 19.2. The number of para-hydroxylation sites is 1. The van der Waals surface area contributed by atoms with Crippen LogP contribution in [0.5, 0.6) is 0 Å². The number of hydrogen-bond donors (Lipinski definition) is 0. The lowest BCUT2D eigenvalue weighted by Gasteiger charge is -2.07. The summed E-state index contributed by atoms with van der Waals surface area (Å²) in [6, 6.07) is 13.3. The van der Waals surface area contributed by atoms with Crippen molar-refractivity contribution in [2.24, 2.45) is 7.05 Å². The largest absolute Gasteiger partial charge is 0.459 e. The molecule has 0 amide bonds. The number of thiazole rings is 1. The predicted molar refractivity (Wildman–Crippen MR) is 123 cm³/mol. The maximum atomic E-state index is 13.3. The second-order valence-corrected chi connectivity index (χ2v) is 8.93. The molecule has 0 saturated heterocycles. The van der Waals surface area contributed by atoms with Crippen molar-refractivity contribution in [2.75, 3.05) is 0 Å². The Hall–Kier alpha value is -3.44. The maximum Gasteiger partial charge on any atom is 0.297 e. The average molecular weight is 466 g/mol. The molecule has 0 atom stereocenters. The van der Waals surface area contributed by atoms with Gasteiger partial charge in [0.05, 0.1) is 17.1 Å². The lowest BCUT2D eigenvalue weighted by atomic mass is 10.3. The van der Waals surface area contributed by atoms with Crippen molar-refractivity contribution in [3.63, 3.8) is 0 Å². The van der Waals surface area contributed by atoms with E-state index in [2.05, 4.69) is 20.5 Å². The second-order valence-electron chi connectivity index (χ2n) is 7.13. The molecule has 9 nitrogen and oxygen atoms in total. The molecule has 0 bridgehead atoms. The van der Waals surface area contributed by atoms with E-state index < -0.39 is 0 Å². The fourth-order valence-electron chi connectivity index (χ4n) is 3.38. The van der Waals surface area contributed by atoms with E-state index in [0.29, 0.717) is 16.6 Å². The number of furan rings is 1. The highest BCUT2D eigenvalue weighted by molar-refractivity contribution is 7.98. The predicted octanol–water partition coefficient (Wildman–Crippen LogP) is 3.78. The van der Waals surface area contributed by atoms with Gasteiger partial charge in [-0.3, -0.25) is 9.48 Å². The first-order valence-electron chi connectivity index (χ1n) is 9.79. The second kappa shape index (κ2) is 8.24. The lowest BCUT2D eigenvalue weighted by molar-refractivity contribution is 0.548. The Kier molecular flexibility index (Phi) is 5.27. The zero-order chi connectivity index (χ0) is 22.2. The van der Waals surface area contributed by atoms with Gasteiger partial charge in [0, 0.05) is 18.2 Å². The van der Waals surface area contributed by atoms with Gasteiger partial charge in [-0.05, 0) is 48.5 Å². The van der Waals surface area contributed by atoms with Gasteiger partial charge in [0.1, 0.15) is 5.76 Å². The first kappa shape index (κ1) is 20.5. The number of aryl methyl sites for hydroxylation is 1. The topological polar surface area (TPSA) is 96.6 Å². The third-order valence-corrected chi connectivity index (χ3v) is 6.89. The molecule has 4 aromatic heterocycles.